The topological polar surface area (TPSA) is 135 Å². The SMILES string of the molecule is COc1ccc(CN(c2nc(Nc3cc(C#N)cc(C(F)(F)CCO)c3Cl)nn3c(C#N)cnc23)C2CC2)cc1. The van der Waals surface area contributed by atoms with Crippen LogP contribution in [0.3, 0.4) is 0 Å². The lowest BCUT2D eigenvalue weighted by Crippen LogP contribution is -2.27. The molecule has 0 spiro atoms. The van der Waals surface area contributed by atoms with Crippen LogP contribution in [0, 0.1) is 22.7 Å². The van der Waals surface area contributed by atoms with Crippen molar-refractivity contribution in [2.45, 2.75) is 37.8 Å². The van der Waals surface area contributed by atoms with E-state index in [4.69, 9.17) is 21.4 Å². The lowest BCUT2D eigenvalue weighted by Gasteiger charge is -2.25. The molecule has 0 saturated heterocycles. The number of nitrogens with one attached hydrogen (secondary N) is 1. The van der Waals surface area contributed by atoms with Crippen molar-refractivity contribution in [3.63, 3.8) is 0 Å². The van der Waals surface area contributed by atoms with Crippen LogP contribution in [-0.4, -0.2) is 44.4 Å². The van der Waals surface area contributed by atoms with E-state index in [9.17, 15) is 19.3 Å². The van der Waals surface area contributed by atoms with E-state index in [1.807, 2.05) is 36.4 Å². The summed E-state index contributed by atoms with van der Waals surface area (Å²) in [6.07, 6.45) is 2.38. The predicted molar refractivity (Wildman–Crippen MR) is 143 cm³/mol. The highest BCUT2D eigenvalue weighted by Crippen LogP contribution is 2.41. The van der Waals surface area contributed by atoms with E-state index in [1.54, 1.807) is 7.11 Å². The molecule has 4 aromatic rings. The van der Waals surface area contributed by atoms with E-state index in [2.05, 4.69) is 25.3 Å². The molecule has 0 aliphatic heterocycles. The number of ether oxygens (including phenoxy) is 1. The normalized spacial score (nSPS) is 13.1. The number of aliphatic hydroxyl groups is 1. The maximum Gasteiger partial charge on any atom is 0.277 e. The van der Waals surface area contributed by atoms with Gasteiger partial charge in [-0.25, -0.2) is 13.8 Å². The number of hydrogen-bond donors (Lipinski definition) is 2. The van der Waals surface area contributed by atoms with Crippen molar-refractivity contribution in [1.82, 2.24) is 19.6 Å². The zero-order chi connectivity index (χ0) is 28.4. The van der Waals surface area contributed by atoms with E-state index in [-0.39, 0.29) is 34.0 Å². The molecule has 0 amide bonds. The Morgan fingerprint density at radius 2 is 1.98 bits per heavy atom. The number of rotatable bonds is 10. The Hall–Kier alpha value is -4.52. The van der Waals surface area contributed by atoms with Gasteiger partial charge in [0.25, 0.3) is 5.92 Å². The van der Waals surface area contributed by atoms with Crippen LogP contribution in [0.5, 0.6) is 5.75 Å². The summed E-state index contributed by atoms with van der Waals surface area (Å²) in [6, 6.07) is 14.0. The first-order valence-electron chi connectivity index (χ1n) is 12.3. The van der Waals surface area contributed by atoms with E-state index in [0.29, 0.717) is 18.0 Å². The van der Waals surface area contributed by atoms with Gasteiger partial charge >= 0.3 is 0 Å². The molecule has 5 rings (SSSR count). The average molecular weight is 565 g/mol. The Balaban J connectivity index is 1.60. The first-order valence-corrected chi connectivity index (χ1v) is 12.7. The summed E-state index contributed by atoms with van der Waals surface area (Å²) in [4.78, 5) is 11.1. The van der Waals surface area contributed by atoms with Crippen LogP contribution in [-0.2, 0) is 12.5 Å². The summed E-state index contributed by atoms with van der Waals surface area (Å²) in [6.45, 7) is -0.285. The van der Waals surface area contributed by atoms with Crippen molar-refractivity contribution >= 4 is 34.7 Å². The molecule has 1 saturated carbocycles. The molecule has 40 heavy (non-hydrogen) atoms. The summed E-state index contributed by atoms with van der Waals surface area (Å²) >= 11 is 6.38. The summed E-state index contributed by atoms with van der Waals surface area (Å²) in [5.41, 5.74) is 0.797. The zero-order valence-corrected chi connectivity index (χ0v) is 22.0. The van der Waals surface area contributed by atoms with Gasteiger partial charge in [0, 0.05) is 31.2 Å². The number of methoxy groups -OCH3 is 1. The maximum atomic E-state index is 14.8. The number of benzene rings is 2. The third kappa shape index (κ3) is 5.32. The fourth-order valence-corrected chi connectivity index (χ4v) is 4.62. The van der Waals surface area contributed by atoms with Gasteiger partial charge in [-0.1, -0.05) is 23.7 Å². The standard InChI is InChI=1S/C27H23ClF2N8O2/c1-40-20-6-2-16(3-7-20)15-37(18-4-5-18)25-24-33-14-19(13-32)38(24)36-26(35-25)34-22-11-17(12-31)10-21(23(22)28)27(29,30)8-9-39/h2-3,6-7,10-11,14,18,39H,4-5,8-9,15H2,1H3,(H,34,36). The van der Waals surface area contributed by atoms with E-state index >= 15 is 0 Å². The molecule has 10 nitrogen and oxygen atoms in total. The second-order valence-electron chi connectivity index (χ2n) is 9.26. The lowest BCUT2D eigenvalue weighted by molar-refractivity contribution is -0.0268. The summed E-state index contributed by atoms with van der Waals surface area (Å²) < 4.78 is 36.1. The van der Waals surface area contributed by atoms with Crippen molar-refractivity contribution in [3.05, 3.63) is 70.0 Å². The van der Waals surface area contributed by atoms with E-state index < -0.39 is 24.5 Å². The molecule has 0 unspecified atom stereocenters. The lowest BCUT2D eigenvalue weighted by atomic mass is 10.0. The highest BCUT2D eigenvalue weighted by atomic mass is 35.5. The number of imidazole rings is 1. The molecule has 0 atom stereocenters. The van der Waals surface area contributed by atoms with Crippen LogP contribution in [0.2, 0.25) is 5.02 Å². The quantitative estimate of drug-likeness (QED) is 0.275. The van der Waals surface area contributed by atoms with Gasteiger partial charge in [0.2, 0.25) is 5.95 Å². The average Bonchev–Trinajstić information content (AvgIpc) is 3.71. The fourth-order valence-electron chi connectivity index (χ4n) is 4.32. The van der Waals surface area contributed by atoms with Gasteiger partial charge in [-0.15, -0.1) is 5.10 Å². The molecule has 204 valence electrons. The summed E-state index contributed by atoms with van der Waals surface area (Å²) in [7, 11) is 1.60. The number of fused-ring (bicyclic) bond motifs is 1. The fraction of sp³-hybridized carbons (Fsp3) is 0.296. The number of aromatic nitrogens is 4. The van der Waals surface area contributed by atoms with Gasteiger partial charge in [-0.3, -0.25) is 0 Å². The number of halogens is 3. The minimum atomic E-state index is -3.48. The number of aliphatic hydroxyl groups excluding tert-OH is 1. The Kier molecular flexibility index (Phi) is 7.39. The van der Waals surface area contributed by atoms with Crippen LogP contribution in [0.15, 0.2) is 42.6 Å². The van der Waals surface area contributed by atoms with Gasteiger partial charge in [0.15, 0.2) is 17.2 Å². The van der Waals surface area contributed by atoms with Crippen molar-refractivity contribution in [3.8, 4) is 17.9 Å². The molecule has 1 fully saturated rings. The molecular weight excluding hydrogens is 542 g/mol. The van der Waals surface area contributed by atoms with Crippen LogP contribution in [0.1, 0.15) is 41.6 Å². The van der Waals surface area contributed by atoms with Gasteiger partial charge in [-0.05, 0) is 42.7 Å². The third-order valence-corrected chi connectivity index (χ3v) is 6.91. The maximum absolute atomic E-state index is 14.8. The molecule has 0 radical (unpaired) electrons. The highest BCUT2D eigenvalue weighted by Gasteiger charge is 2.35. The van der Waals surface area contributed by atoms with Crippen molar-refractivity contribution in [1.29, 1.82) is 10.5 Å². The Morgan fingerprint density at radius 1 is 1.23 bits per heavy atom. The summed E-state index contributed by atoms with van der Waals surface area (Å²) in [5.74, 6) is -2.35. The molecule has 13 heteroatoms. The van der Waals surface area contributed by atoms with Gasteiger partial charge in [0.05, 0.1) is 35.6 Å². The number of nitrogens with zero attached hydrogens (tertiary/aromatic N) is 7. The Bertz CT molecular complexity index is 1640. The van der Waals surface area contributed by atoms with E-state index in [0.717, 1.165) is 30.2 Å². The third-order valence-electron chi connectivity index (χ3n) is 6.50. The molecular formula is C27H23ClF2N8O2. The predicted octanol–water partition coefficient (Wildman–Crippen LogP) is 4.92. The zero-order valence-electron chi connectivity index (χ0n) is 21.3. The minimum Gasteiger partial charge on any atom is -0.497 e. The van der Waals surface area contributed by atoms with Crippen molar-refractivity contribution < 1.29 is 18.6 Å². The second-order valence-corrected chi connectivity index (χ2v) is 9.63. The molecule has 1 aliphatic rings. The first kappa shape index (κ1) is 27.1. The molecule has 2 aromatic carbocycles. The molecule has 2 heterocycles. The van der Waals surface area contributed by atoms with Crippen LogP contribution >= 0.6 is 11.6 Å². The van der Waals surface area contributed by atoms with Gasteiger partial charge in [0.1, 0.15) is 11.8 Å². The van der Waals surface area contributed by atoms with Crippen LogP contribution in [0.25, 0.3) is 5.65 Å². The monoisotopic (exact) mass is 564 g/mol. The van der Waals surface area contributed by atoms with Gasteiger partial charge < -0.3 is 20.1 Å². The largest absolute Gasteiger partial charge is 0.497 e. The Labute approximate surface area is 233 Å². The number of hydrogen-bond acceptors (Lipinski definition) is 9. The number of nitriles is 2. The number of alkyl halides is 2. The molecule has 2 N–H and O–H groups in total. The summed E-state index contributed by atoms with van der Waals surface area (Å²) in [5, 5.41) is 35.1. The molecule has 2 aromatic heterocycles. The molecule has 1 aliphatic carbocycles. The molecule has 0 bridgehead atoms. The van der Waals surface area contributed by atoms with E-state index in [1.165, 1.54) is 16.8 Å². The second kappa shape index (κ2) is 10.9. The van der Waals surface area contributed by atoms with Crippen molar-refractivity contribution in [2.24, 2.45) is 0 Å². The van der Waals surface area contributed by atoms with Crippen molar-refractivity contribution in [2.75, 3.05) is 23.9 Å². The highest BCUT2D eigenvalue weighted by molar-refractivity contribution is 6.34. The van der Waals surface area contributed by atoms with Crippen LogP contribution in [0.4, 0.5) is 26.2 Å². The smallest absolute Gasteiger partial charge is 0.277 e. The first-order chi connectivity index (χ1) is 19.3. The minimum absolute atomic E-state index is 0.0228. The number of anilines is 3. The van der Waals surface area contributed by atoms with Gasteiger partial charge in [-0.2, -0.15) is 20.0 Å². The van der Waals surface area contributed by atoms with Crippen LogP contribution < -0.4 is 15.0 Å². The Morgan fingerprint density at radius 3 is 2.60 bits per heavy atom.